The van der Waals surface area contributed by atoms with E-state index in [0.29, 0.717) is 11.8 Å². The highest BCUT2D eigenvalue weighted by molar-refractivity contribution is 9.10. The minimum atomic E-state index is -0.402. The molecular weight excluding hydrogens is 296 g/mol. The molecule has 0 bridgehead atoms. The molecule has 1 atom stereocenters. The Bertz CT molecular complexity index is 602. The van der Waals surface area contributed by atoms with E-state index in [0.717, 1.165) is 10.2 Å². The lowest BCUT2D eigenvalue weighted by Gasteiger charge is -2.29. The van der Waals surface area contributed by atoms with Crippen molar-refractivity contribution in [3.05, 3.63) is 40.8 Å². The van der Waals surface area contributed by atoms with Crippen molar-refractivity contribution in [1.29, 1.82) is 0 Å². The minimum absolute atomic E-state index is 0.340. The normalized spacial score (nSPS) is 17.9. The Morgan fingerprint density at radius 2 is 1.83 bits per heavy atom. The molecule has 18 heavy (non-hydrogen) atoms. The lowest BCUT2D eigenvalue weighted by atomic mass is 10.2. The Hall–Kier alpha value is -1.86. The van der Waals surface area contributed by atoms with E-state index < -0.39 is 6.17 Å². The van der Waals surface area contributed by atoms with Crippen molar-refractivity contribution < 1.29 is 0 Å². The summed E-state index contributed by atoms with van der Waals surface area (Å²) in [4.78, 5) is 1.91. The van der Waals surface area contributed by atoms with Gasteiger partial charge in [-0.15, -0.1) is 10.2 Å². The van der Waals surface area contributed by atoms with Crippen LogP contribution in [-0.4, -0.2) is 14.8 Å². The van der Waals surface area contributed by atoms with Gasteiger partial charge in [0.25, 0.3) is 0 Å². The van der Waals surface area contributed by atoms with E-state index in [1.165, 1.54) is 0 Å². The second kappa shape index (κ2) is 4.11. The first-order valence-electron chi connectivity index (χ1n) is 5.35. The van der Waals surface area contributed by atoms with Crippen molar-refractivity contribution in [3.63, 3.8) is 0 Å². The van der Waals surface area contributed by atoms with Gasteiger partial charge in [-0.25, -0.2) is 0 Å². The number of nitrogen functional groups attached to an aromatic ring is 1. The summed E-state index contributed by atoms with van der Waals surface area (Å²) >= 11 is 3.40. The monoisotopic (exact) mass is 306 g/mol. The summed E-state index contributed by atoms with van der Waals surface area (Å²) in [7, 11) is 0. The Balaban J connectivity index is 2.00. The van der Waals surface area contributed by atoms with Gasteiger partial charge in [-0.2, -0.15) is 0 Å². The van der Waals surface area contributed by atoms with Crippen molar-refractivity contribution in [2.45, 2.75) is 6.17 Å². The highest BCUT2D eigenvalue weighted by Crippen LogP contribution is 2.28. The zero-order chi connectivity index (χ0) is 12.7. The van der Waals surface area contributed by atoms with Crippen LogP contribution in [0.4, 0.5) is 11.6 Å². The predicted octanol–water partition coefficient (Wildman–Crippen LogP) is 1.53. The van der Waals surface area contributed by atoms with E-state index in [-0.39, 0.29) is 0 Å². The van der Waals surface area contributed by atoms with Crippen molar-refractivity contribution in [1.82, 2.24) is 14.8 Å². The van der Waals surface area contributed by atoms with Crippen LogP contribution >= 0.6 is 15.9 Å². The number of hydrogen-bond acceptors (Lipinski definition) is 5. The Kier molecular flexibility index (Phi) is 2.57. The third-order valence-corrected chi connectivity index (χ3v) is 3.34. The van der Waals surface area contributed by atoms with E-state index in [4.69, 9.17) is 11.5 Å². The third kappa shape index (κ3) is 1.68. The van der Waals surface area contributed by atoms with Crippen LogP contribution in [-0.2, 0) is 0 Å². The molecule has 0 fully saturated rings. The summed E-state index contributed by atoms with van der Waals surface area (Å²) in [5.41, 5.74) is 12.8. The Labute approximate surface area is 112 Å². The fraction of sp³-hybridized carbons (Fsp3) is 0.0909. The molecule has 3 rings (SSSR count). The van der Waals surface area contributed by atoms with Crippen LogP contribution in [0.3, 0.4) is 0 Å². The van der Waals surface area contributed by atoms with Gasteiger partial charge in [0.2, 0.25) is 5.95 Å². The summed E-state index contributed by atoms with van der Waals surface area (Å²) in [5, 5.41) is 7.81. The molecule has 0 amide bonds. The van der Waals surface area contributed by atoms with Crippen LogP contribution in [0.15, 0.2) is 34.9 Å². The largest absolute Gasteiger partial charge is 0.368 e. The number of hydrogen-bond donors (Lipinski definition) is 2. The molecule has 0 spiro atoms. The highest BCUT2D eigenvalue weighted by Gasteiger charge is 2.24. The molecule has 1 aromatic carbocycles. The minimum Gasteiger partial charge on any atom is -0.368 e. The van der Waals surface area contributed by atoms with Crippen LogP contribution in [0.1, 0.15) is 12.0 Å². The average Bonchev–Trinajstić information content (AvgIpc) is 2.74. The van der Waals surface area contributed by atoms with Crippen molar-refractivity contribution >= 4 is 33.8 Å². The van der Waals surface area contributed by atoms with Crippen LogP contribution in [0.5, 0.6) is 0 Å². The first kappa shape index (κ1) is 11.2. The SMILES string of the molecule is Nc1nnc2n1C=CN(c1ccc(Br)cc1)C2N. The number of halogens is 1. The number of anilines is 2. The number of rotatable bonds is 1. The fourth-order valence-corrected chi connectivity index (χ4v) is 2.15. The highest BCUT2D eigenvalue weighted by atomic mass is 79.9. The third-order valence-electron chi connectivity index (χ3n) is 2.81. The van der Waals surface area contributed by atoms with Gasteiger partial charge in [0.1, 0.15) is 6.17 Å². The Morgan fingerprint density at radius 1 is 1.11 bits per heavy atom. The average molecular weight is 307 g/mol. The zero-order valence-corrected chi connectivity index (χ0v) is 10.9. The van der Waals surface area contributed by atoms with E-state index >= 15 is 0 Å². The number of nitrogens with two attached hydrogens (primary N) is 2. The molecule has 92 valence electrons. The maximum absolute atomic E-state index is 6.16. The lowest BCUT2D eigenvalue weighted by molar-refractivity contribution is 0.649. The van der Waals surface area contributed by atoms with E-state index in [1.54, 1.807) is 10.8 Å². The molecule has 2 aromatic rings. The summed E-state index contributed by atoms with van der Waals surface area (Å²) in [6.07, 6.45) is 3.26. The first-order chi connectivity index (χ1) is 8.66. The van der Waals surface area contributed by atoms with E-state index in [1.807, 2.05) is 35.4 Å². The molecule has 1 unspecified atom stereocenters. The van der Waals surface area contributed by atoms with Gasteiger partial charge in [0.05, 0.1) is 0 Å². The molecule has 6 nitrogen and oxygen atoms in total. The standard InChI is InChI=1S/C11H11BrN6/c12-7-1-3-8(4-2-7)17-5-6-18-10(9(17)13)15-16-11(18)14/h1-6,9H,13H2,(H2,14,16). The Morgan fingerprint density at radius 3 is 2.56 bits per heavy atom. The molecular formula is C11H11BrN6. The molecule has 2 heterocycles. The van der Waals surface area contributed by atoms with Gasteiger partial charge in [-0.1, -0.05) is 15.9 Å². The number of nitrogens with zero attached hydrogens (tertiary/aromatic N) is 4. The molecule has 4 N–H and O–H groups in total. The van der Waals surface area contributed by atoms with Crippen molar-refractivity contribution in [3.8, 4) is 0 Å². The molecule has 7 heteroatoms. The maximum atomic E-state index is 6.16. The van der Waals surface area contributed by atoms with Gasteiger partial charge < -0.3 is 16.4 Å². The summed E-state index contributed by atoms with van der Waals surface area (Å²) in [6.45, 7) is 0. The molecule has 0 saturated heterocycles. The van der Waals surface area contributed by atoms with Crippen LogP contribution < -0.4 is 16.4 Å². The van der Waals surface area contributed by atoms with Crippen LogP contribution in [0, 0.1) is 0 Å². The molecule has 0 saturated carbocycles. The summed E-state index contributed by atoms with van der Waals surface area (Å²) in [6, 6.07) is 7.88. The topological polar surface area (TPSA) is 86.0 Å². The maximum Gasteiger partial charge on any atom is 0.226 e. The molecule has 1 aliphatic heterocycles. The van der Waals surface area contributed by atoms with Gasteiger partial charge >= 0.3 is 0 Å². The molecule has 0 aliphatic carbocycles. The second-order valence-corrected chi connectivity index (χ2v) is 4.83. The van der Waals surface area contributed by atoms with Gasteiger partial charge in [0.15, 0.2) is 5.82 Å². The first-order valence-corrected chi connectivity index (χ1v) is 6.14. The smallest absolute Gasteiger partial charge is 0.226 e. The summed E-state index contributed by atoms with van der Waals surface area (Å²) < 4.78 is 2.70. The summed E-state index contributed by atoms with van der Waals surface area (Å²) in [5.74, 6) is 0.963. The number of aromatic nitrogens is 3. The van der Waals surface area contributed by atoms with Crippen LogP contribution in [0.2, 0.25) is 0 Å². The van der Waals surface area contributed by atoms with Crippen molar-refractivity contribution in [2.24, 2.45) is 5.73 Å². The number of benzene rings is 1. The predicted molar refractivity (Wildman–Crippen MR) is 73.3 cm³/mol. The molecule has 1 aromatic heterocycles. The quantitative estimate of drug-likeness (QED) is 0.834. The van der Waals surface area contributed by atoms with Gasteiger partial charge in [-0.05, 0) is 24.3 Å². The molecule has 0 radical (unpaired) electrons. The fourth-order valence-electron chi connectivity index (χ4n) is 1.89. The van der Waals surface area contributed by atoms with E-state index in [2.05, 4.69) is 26.1 Å². The van der Waals surface area contributed by atoms with Crippen molar-refractivity contribution in [2.75, 3.05) is 10.6 Å². The van der Waals surface area contributed by atoms with Gasteiger partial charge in [0, 0.05) is 22.6 Å². The lowest BCUT2D eigenvalue weighted by Crippen LogP contribution is -2.34. The van der Waals surface area contributed by atoms with Crippen LogP contribution in [0.25, 0.3) is 6.20 Å². The van der Waals surface area contributed by atoms with E-state index in [9.17, 15) is 0 Å². The second-order valence-electron chi connectivity index (χ2n) is 3.91. The van der Waals surface area contributed by atoms with Gasteiger partial charge in [-0.3, -0.25) is 4.57 Å². The zero-order valence-electron chi connectivity index (χ0n) is 9.36. The number of fused-ring (bicyclic) bond motifs is 1. The molecule has 1 aliphatic rings.